The Morgan fingerprint density at radius 3 is 3.00 bits per heavy atom. The van der Waals surface area contributed by atoms with Crippen LogP contribution in [0.1, 0.15) is 23.8 Å². The van der Waals surface area contributed by atoms with Crippen molar-refractivity contribution in [2.45, 2.75) is 19.4 Å². The average Bonchev–Trinajstić information content (AvgIpc) is 2.62. The number of nitrogens with one attached hydrogen (secondary N) is 1. The fourth-order valence-corrected chi connectivity index (χ4v) is 2.61. The van der Waals surface area contributed by atoms with E-state index < -0.39 is 16.8 Å². The van der Waals surface area contributed by atoms with Gasteiger partial charge >= 0.3 is 5.97 Å². The van der Waals surface area contributed by atoms with Gasteiger partial charge in [0.15, 0.2) is 5.69 Å². The molecule has 0 spiro atoms. The molecule has 7 heteroatoms. The van der Waals surface area contributed by atoms with Crippen LogP contribution in [0.3, 0.4) is 0 Å². The fraction of sp³-hybridized carbons (Fsp3) is 0.556. The van der Waals surface area contributed by atoms with E-state index in [0.29, 0.717) is 10.8 Å². The van der Waals surface area contributed by atoms with E-state index in [9.17, 15) is 9.00 Å². The molecule has 0 bridgehead atoms. The molecular formula is C9H14N2O3S2. The predicted octanol–water partition coefficient (Wildman–Crippen LogP) is 1.41. The molecule has 1 rings (SSSR count). The number of carboxylic acid groups (broad SMARTS) is 1. The van der Waals surface area contributed by atoms with Crippen LogP contribution in [0, 0.1) is 0 Å². The number of hydrogen-bond donors (Lipinski definition) is 2. The summed E-state index contributed by atoms with van der Waals surface area (Å²) in [6.45, 7) is 1.93. The van der Waals surface area contributed by atoms with Crippen LogP contribution in [0.4, 0.5) is 5.00 Å². The quantitative estimate of drug-likeness (QED) is 0.810. The normalized spacial score (nSPS) is 14.4. The van der Waals surface area contributed by atoms with Gasteiger partial charge in [-0.1, -0.05) is 0 Å². The van der Waals surface area contributed by atoms with Crippen molar-refractivity contribution in [1.29, 1.82) is 0 Å². The smallest absolute Gasteiger partial charge is 0.357 e. The molecule has 0 aliphatic rings. The molecule has 0 aliphatic heterocycles. The first-order valence-corrected chi connectivity index (χ1v) is 7.34. The van der Waals surface area contributed by atoms with Crippen LogP contribution < -0.4 is 5.32 Å². The Hall–Kier alpha value is -0.950. The minimum Gasteiger partial charge on any atom is -0.476 e. The molecule has 2 N–H and O–H groups in total. The minimum atomic E-state index is -1.03. The van der Waals surface area contributed by atoms with E-state index in [0.717, 1.165) is 6.42 Å². The second-order valence-corrected chi connectivity index (χ2v) is 5.86. The average molecular weight is 262 g/mol. The van der Waals surface area contributed by atoms with E-state index >= 15 is 0 Å². The van der Waals surface area contributed by atoms with Gasteiger partial charge in [-0.25, -0.2) is 9.78 Å². The highest BCUT2D eigenvalue weighted by Crippen LogP contribution is 2.21. The van der Waals surface area contributed by atoms with Crippen LogP contribution >= 0.6 is 11.3 Å². The Bertz CT molecular complexity index is 392. The molecule has 0 fully saturated rings. The van der Waals surface area contributed by atoms with Crippen LogP contribution in [0.2, 0.25) is 0 Å². The number of thiazole rings is 1. The van der Waals surface area contributed by atoms with Gasteiger partial charge in [-0.2, -0.15) is 0 Å². The van der Waals surface area contributed by atoms with Crippen molar-refractivity contribution in [1.82, 2.24) is 4.98 Å². The summed E-state index contributed by atoms with van der Waals surface area (Å²) in [5.41, 5.74) is 1.55. The molecule has 0 radical (unpaired) electrons. The van der Waals surface area contributed by atoms with E-state index in [1.165, 1.54) is 16.8 Å². The second-order valence-electron chi connectivity index (χ2n) is 3.45. The van der Waals surface area contributed by atoms with Gasteiger partial charge in [0.05, 0.1) is 5.51 Å². The Morgan fingerprint density at radius 1 is 1.75 bits per heavy atom. The molecule has 1 heterocycles. The highest BCUT2D eigenvalue weighted by molar-refractivity contribution is 7.84. The standard InChI is InChI=1S/C9H14N2O3S2/c1-6(3-4-16(2)14)11-8-7(9(12)13)10-5-15-8/h5-6,11H,3-4H2,1-2H3,(H,12,13). The number of hydrogen-bond acceptors (Lipinski definition) is 5. The summed E-state index contributed by atoms with van der Waals surface area (Å²) in [6.07, 6.45) is 2.39. The third-order valence-corrected chi connectivity index (χ3v) is 3.55. The van der Waals surface area contributed by atoms with Crippen LogP contribution in [0.25, 0.3) is 0 Å². The second kappa shape index (κ2) is 5.95. The van der Waals surface area contributed by atoms with E-state index in [2.05, 4.69) is 10.3 Å². The number of anilines is 1. The number of nitrogens with zero attached hydrogens (tertiary/aromatic N) is 1. The Balaban J connectivity index is 2.55. The number of aromatic carboxylic acids is 1. The fourth-order valence-electron chi connectivity index (χ4n) is 1.14. The Labute approximate surface area is 100 Å². The van der Waals surface area contributed by atoms with E-state index in [-0.39, 0.29) is 11.7 Å². The van der Waals surface area contributed by atoms with Crippen LogP contribution in [0.5, 0.6) is 0 Å². The van der Waals surface area contributed by atoms with E-state index in [1.54, 1.807) is 6.26 Å². The molecule has 0 aromatic carbocycles. The minimum absolute atomic E-state index is 0.0504. The number of aromatic nitrogens is 1. The van der Waals surface area contributed by atoms with Crippen molar-refractivity contribution in [3.63, 3.8) is 0 Å². The molecule has 90 valence electrons. The maximum atomic E-state index is 10.9. The monoisotopic (exact) mass is 262 g/mol. The lowest BCUT2D eigenvalue weighted by Gasteiger charge is -2.12. The lowest BCUT2D eigenvalue weighted by molar-refractivity contribution is 0.0692. The first-order valence-electron chi connectivity index (χ1n) is 4.74. The molecule has 0 aliphatic carbocycles. The van der Waals surface area contributed by atoms with Gasteiger partial charge in [0.25, 0.3) is 0 Å². The molecule has 16 heavy (non-hydrogen) atoms. The van der Waals surface area contributed by atoms with Crippen molar-refractivity contribution >= 4 is 33.1 Å². The molecular weight excluding hydrogens is 248 g/mol. The SMILES string of the molecule is CC(CCS(C)=O)Nc1scnc1C(=O)O. The zero-order valence-corrected chi connectivity index (χ0v) is 10.7. The molecule has 5 nitrogen and oxygen atoms in total. The zero-order chi connectivity index (χ0) is 12.1. The van der Waals surface area contributed by atoms with E-state index in [4.69, 9.17) is 5.11 Å². The predicted molar refractivity (Wildman–Crippen MR) is 65.7 cm³/mol. The van der Waals surface area contributed by atoms with Crippen molar-refractivity contribution in [3.05, 3.63) is 11.2 Å². The molecule has 0 saturated carbocycles. The van der Waals surface area contributed by atoms with Gasteiger partial charge in [0.1, 0.15) is 5.00 Å². The zero-order valence-electron chi connectivity index (χ0n) is 9.10. The summed E-state index contributed by atoms with van der Waals surface area (Å²) in [5.74, 6) is -0.426. The third-order valence-electron chi connectivity index (χ3n) is 1.99. The lowest BCUT2D eigenvalue weighted by atomic mass is 10.2. The summed E-state index contributed by atoms with van der Waals surface area (Å²) in [5, 5.41) is 12.5. The maximum absolute atomic E-state index is 10.9. The molecule has 2 unspecified atom stereocenters. The van der Waals surface area contributed by atoms with Gasteiger partial charge in [-0.15, -0.1) is 11.3 Å². The summed E-state index contributed by atoms with van der Waals surface area (Å²) in [4.78, 5) is 14.5. The van der Waals surface area contributed by atoms with Crippen molar-refractivity contribution in [3.8, 4) is 0 Å². The van der Waals surface area contributed by atoms with Crippen molar-refractivity contribution < 1.29 is 14.1 Å². The first-order chi connectivity index (χ1) is 7.50. The molecule has 1 aromatic rings. The summed E-state index contributed by atoms with van der Waals surface area (Å²) in [6, 6.07) is 0.0856. The van der Waals surface area contributed by atoms with Crippen LogP contribution in [-0.2, 0) is 10.8 Å². The van der Waals surface area contributed by atoms with Gasteiger partial charge in [-0.05, 0) is 13.3 Å². The van der Waals surface area contributed by atoms with Gasteiger partial charge in [-0.3, -0.25) is 4.21 Å². The largest absolute Gasteiger partial charge is 0.476 e. The van der Waals surface area contributed by atoms with Crippen LogP contribution in [-0.4, -0.2) is 38.3 Å². The van der Waals surface area contributed by atoms with Crippen molar-refractivity contribution in [2.24, 2.45) is 0 Å². The van der Waals surface area contributed by atoms with Gasteiger partial charge in [0.2, 0.25) is 0 Å². The lowest BCUT2D eigenvalue weighted by Crippen LogP contribution is -2.18. The maximum Gasteiger partial charge on any atom is 0.357 e. The van der Waals surface area contributed by atoms with E-state index in [1.807, 2.05) is 6.92 Å². The summed E-state index contributed by atoms with van der Waals surface area (Å²) >= 11 is 1.26. The van der Waals surface area contributed by atoms with Gasteiger partial charge in [0, 0.05) is 28.9 Å². The number of carboxylic acids is 1. The first kappa shape index (κ1) is 13.1. The molecule has 0 saturated heterocycles. The topological polar surface area (TPSA) is 79.3 Å². The van der Waals surface area contributed by atoms with Crippen LogP contribution in [0.15, 0.2) is 5.51 Å². The third kappa shape index (κ3) is 3.90. The molecule has 1 aromatic heterocycles. The Kier molecular flexibility index (Phi) is 4.88. The number of rotatable bonds is 6. The summed E-state index contributed by atoms with van der Waals surface area (Å²) in [7, 11) is -0.817. The Morgan fingerprint density at radius 2 is 2.44 bits per heavy atom. The number of carbonyl (C=O) groups is 1. The van der Waals surface area contributed by atoms with Gasteiger partial charge < -0.3 is 10.4 Å². The molecule has 2 atom stereocenters. The highest BCUT2D eigenvalue weighted by atomic mass is 32.2. The summed E-state index contributed by atoms with van der Waals surface area (Å²) < 4.78 is 10.9. The van der Waals surface area contributed by atoms with Crippen molar-refractivity contribution in [2.75, 3.05) is 17.3 Å². The molecule has 0 amide bonds. The highest BCUT2D eigenvalue weighted by Gasteiger charge is 2.15.